The van der Waals surface area contributed by atoms with Gasteiger partial charge in [0.05, 0.1) is 68.3 Å². The number of hydrogen-bond acceptors (Lipinski definition) is 16. The van der Waals surface area contributed by atoms with Gasteiger partial charge < -0.3 is 49.0 Å². The van der Waals surface area contributed by atoms with Crippen molar-refractivity contribution in [2.24, 2.45) is 0 Å². The van der Waals surface area contributed by atoms with Crippen LogP contribution in [-0.2, 0) is 27.1 Å². The zero-order chi connectivity index (χ0) is 93.8. The molecule has 5 aliphatic carbocycles. The first-order chi connectivity index (χ1) is 61.8. The average molecular weight is 1700 g/mol. The third kappa shape index (κ3) is 13.2. The summed E-state index contributed by atoms with van der Waals surface area (Å²) in [4.78, 5) is 51.4. The minimum atomic E-state index is -2.16. The fourth-order valence-electron chi connectivity index (χ4n) is 22.2. The van der Waals surface area contributed by atoms with Gasteiger partial charge in [0.25, 0.3) is 0 Å². The molecule has 0 amide bonds. The Hall–Kier alpha value is -12.6. The number of fused-ring (bicyclic) bond motifs is 17. The number of aryl methyl sites for hydroxylation is 10. The number of nitrogens with zero attached hydrogens (tertiary/aromatic N) is 16. The summed E-state index contributed by atoms with van der Waals surface area (Å²) in [5.74, 6) is 1.03. The quantitative estimate of drug-likeness (QED) is 0.163. The smallest absolute Gasteiger partial charge is 0.158 e. The highest BCUT2D eigenvalue weighted by atomic mass is 15.4. The number of benzene rings is 6. The summed E-state index contributed by atoms with van der Waals surface area (Å²) in [5, 5.41) is 0. The van der Waals surface area contributed by atoms with Crippen LogP contribution in [-0.4, -0.2) is 111 Å². The molecule has 0 fully saturated rings. The summed E-state index contributed by atoms with van der Waals surface area (Å²) < 4.78 is 23.4. The molecule has 0 bridgehead atoms. The van der Waals surface area contributed by atoms with E-state index in [1.165, 1.54) is 167 Å². The number of rotatable bonds is 5. The van der Waals surface area contributed by atoms with E-state index in [1.54, 1.807) is 6.20 Å². The molecule has 5 atom stereocenters. The molecule has 5 aliphatic heterocycles. The molecule has 6 aromatic carbocycles. The second-order valence-electron chi connectivity index (χ2n) is 40.1. The van der Waals surface area contributed by atoms with Gasteiger partial charge in [0, 0.05) is 173 Å². The summed E-state index contributed by atoms with van der Waals surface area (Å²) in [5.41, 5.74) is 46.8. The zero-order valence-corrected chi connectivity index (χ0v) is 80.6. The van der Waals surface area contributed by atoms with Gasteiger partial charge in [-0.1, -0.05) is 166 Å². The summed E-state index contributed by atoms with van der Waals surface area (Å²) >= 11 is 0. The van der Waals surface area contributed by atoms with Crippen LogP contribution in [0.2, 0.25) is 0 Å². The van der Waals surface area contributed by atoms with E-state index in [1.807, 2.05) is 37.8 Å². The van der Waals surface area contributed by atoms with Gasteiger partial charge in [-0.05, 0) is 247 Å². The molecule has 0 radical (unpaired) electrons. The number of para-hydroxylation sites is 2. The highest BCUT2D eigenvalue weighted by Crippen LogP contribution is 2.61. The highest BCUT2D eigenvalue weighted by molar-refractivity contribution is 5.95. The molecular formula is C112H128N16. The predicted molar refractivity (Wildman–Crippen MR) is 534 cm³/mol. The predicted octanol–water partition coefficient (Wildman–Crippen LogP) is 25.0. The molecular weight excluding hydrogens is 1570 g/mol. The lowest BCUT2D eigenvalue weighted by Gasteiger charge is -2.34. The Morgan fingerprint density at radius 2 is 0.688 bits per heavy atom. The number of pyridine rings is 6. The number of anilines is 9. The maximum atomic E-state index is 7.80. The molecule has 10 aliphatic rings. The minimum Gasteiger partial charge on any atom is -0.359 e. The summed E-state index contributed by atoms with van der Waals surface area (Å²) in [7, 11) is 8.58. The third-order valence-electron chi connectivity index (χ3n) is 29.8. The fraction of sp³-hybridized carbons (Fsp3) is 0.357. The number of hydrogen-bond donors (Lipinski definition) is 0. The van der Waals surface area contributed by atoms with Gasteiger partial charge in [0.2, 0.25) is 0 Å². The minimum absolute atomic E-state index is 0.0385. The summed E-state index contributed by atoms with van der Waals surface area (Å²) in [6.45, 7) is 53.1. The van der Waals surface area contributed by atoms with Crippen LogP contribution in [0.5, 0.6) is 0 Å². The van der Waals surface area contributed by atoms with E-state index in [0.717, 1.165) is 56.7 Å². The van der Waals surface area contributed by atoms with E-state index in [9.17, 15) is 0 Å². The topological polar surface area (TPSA) is 110 Å². The Labute approximate surface area is 765 Å². The van der Waals surface area contributed by atoms with E-state index >= 15 is 0 Å². The standard InChI is InChI=1S/C25H27N3.C24H26N4.3C21H25N3/c1-15-11-13-18-19-14-12-16(2)26-24(19)25(4,5)22(18)23(15)28-17(3)27(6)20-9-7-8-10-21(20)28;1-14-9-11-17-18-12-10-15(2)26-22(18)24(4,5)20(17)21(14)28-16(3)27(6)19-8-7-13-25-23(19)28;1-13-11-18-17(12-19(13)24-10-9-23(6)15(24)3)16-8-7-14(2)22-20(16)21(18,4)5;2*1-13-11-17-19(22-12-13)16-8-7-14(2)20(18(16)21(17,4)5)24-10-9-23(6)15(24)3/h7-14,17H,1-6H3;7-13,16H,1-6H3;3*7-12,15H,1-6H3/t17-;16-;3*15-/m00000/s1/i;;;6D3;. The van der Waals surface area contributed by atoms with Crippen LogP contribution in [0.4, 0.5) is 51.3 Å². The van der Waals surface area contributed by atoms with Crippen molar-refractivity contribution in [2.75, 3.05) is 69.5 Å². The van der Waals surface area contributed by atoms with E-state index in [2.05, 4.69) is 403 Å². The van der Waals surface area contributed by atoms with Gasteiger partial charge in [0.15, 0.2) is 5.82 Å². The third-order valence-corrected chi connectivity index (χ3v) is 29.8. The molecule has 656 valence electrons. The van der Waals surface area contributed by atoms with Crippen molar-refractivity contribution in [1.29, 1.82) is 0 Å². The van der Waals surface area contributed by atoms with Crippen LogP contribution >= 0.6 is 0 Å². The summed E-state index contributed by atoms with van der Waals surface area (Å²) in [6.07, 6.45) is 18.9. The van der Waals surface area contributed by atoms with Crippen molar-refractivity contribution in [3.05, 3.63) is 313 Å². The molecule has 0 N–H and O–H groups in total. The van der Waals surface area contributed by atoms with Crippen LogP contribution in [0.25, 0.3) is 55.9 Å². The van der Waals surface area contributed by atoms with Crippen LogP contribution in [0.3, 0.4) is 0 Å². The maximum absolute atomic E-state index is 7.80. The highest BCUT2D eigenvalue weighted by Gasteiger charge is 2.49. The summed E-state index contributed by atoms with van der Waals surface area (Å²) in [6, 6.07) is 53.0. The Morgan fingerprint density at radius 3 is 1.15 bits per heavy atom. The fourth-order valence-corrected chi connectivity index (χ4v) is 22.2. The van der Waals surface area contributed by atoms with Crippen molar-refractivity contribution in [3.63, 3.8) is 0 Å². The zero-order valence-electron chi connectivity index (χ0n) is 83.6. The second kappa shape index (κ2) is 30.9. The van der Waals surface area contributed by atoms with Gasteiger partial charge in [-0.25, -0.2) is 4.98 Å². The SMILES string of the molecule is Cc1ccc2c(n1)C(C)(C)c1c-2ccc(C)c1N1c2ccccc2N(C)[C@@H]1C.Cc1ccc2c(n1)C(C)(C)c1c-2ccc(C)c1N1c2ncccc2N(C)[C@@H]1C.Cc1ccc2c(n1)C(C)(C)c1cc(C)c(N3C=CN(C)[C@@H]3C)cc1-2.Cc1cnc2c(c1)C(C)(C)c1c-2ccc(C)c1N1C=CN(C)[C@@H]1C.[2H]C([2H])([2H])N1C=CN(c2c(C)ccc3c2C(C)(C)c2cc(C)cnc2-3)[C@H]1C. The average Bonchev–Trinajstić information content (AvgIpc) is 1.56. The van der Waals surface area contributed by atoms with Crippen LogP contribution in [0, 0.1) is 69.2 Å². The molecule has 128 heavy (non-hydrogen) atoms. The molecule has 22 rings (SSSR count). The Morgan fingerprint density at radius 1 is 0.305 bits per heavy atom. The maximum Gasteiger partial charge on any atom is 0.158 e. The van der Waals surface area contributed by atoms with E-state index in [4.69, 9.17) is 34.0 Å². The molecule has 16 heteroatoms. The first kappa shape index (κ1) is 82.4. The molecule has 12 aromatic rings. The monoisotopic (exact) mass is 1700 g/mol. The molecule has 16 nitrogen and oxygen atoms in total. The number of aromatic nitrogens is 6. The van der Waals surface area contributed by atoms with Gasteiger partial charge in [-0.15, -0.1) is 0 Å². The largest absolute Gasteiger partial charge is 0.359 e. The first-order valence-corrected chi connectivity index (χ1v) is 45.6. The molecule has 0 saturated heterocycles. The normalized spacial score (nSPS) is 20.2. The lowest BCUT2D eigenvalue weighted by Crippen LogP contribution is -2.37. The Kier molecular flexibility index (Phi) is 19.9. The molecule has 11 heterocycles. The van der Waals surface area contributed by atoms with Crippen molar-refractivity contribution in [1.82, 2.24) is 44.6 Å². The van der Waals surface area contributed by atoms with Gasteiger partial charge in [-0.2, -0.15) is 0 Å². The molecule has 0 spiro atoms. The lowest BCUT2D eigenvalue weighted by atomic mass is 9.80. The molecule has 6 aromatic heterocycles. The molecule has 0 unspecified atom stereocenters. The van der Waals surface area contributed by atoms with Crippen LogP contribution in [0.15, 0.2) is 201 Å². The van der Waals surface area contributed by atoms with E-state index in [-0.39, 0.29) is 45.6 Å². The van der Waals surface area contributed by atoms with Crippen molar-refractivity contribution in [3.8, 4) is 55.9 Å². The van der Waals surface area contributed by atoms with Crippen LogP contribution < -0.4 is 34.3 Å². The van der Waals surface area contributed by atoms with E-state index < -0.39 is 6.98 Å². The van der Waals surface area contributed by atoms with E-state index in [0.29, 0.717) is 12.3 Å². The Balaban J connectivity index is 0.000000110. The van der Waals surface area contributed by atoms with Crippen molar-refractivity contribution < 1.29 is 4.11 Å². The Bertz CT molecular complexity index is 6600. The van der Waals surface area contributed by atoms with Gasteiger partial charge in [0.1, 0.15) is 30.8 Å². The van der Waals surface area contributed by atoms with Crippen molar-refractivity contribution >= 4 is 51.3 Å². The second-order valence-corrected chi connectivity index (χ2v) is 40.1. The van der Waals surface area contributed by atoms with Crippen LogP contribution in [0.1, 0.15) is 220 Å². The van der Waals surface area contributed by atoms with Crippen molar-refractivity contribution in [2.45, 2.75) is 231 Å². The lowest BCUT2D eigenvalue weighted by molar-refractivity contribution is 0.382. The van der Waals surface area contributed by atoms with Gasteiger partial charge in [-0.3, -0.25) is 24.9 Å². The first-order valence-electron chi connectivity index (χ1n) is 47.1. The van der Waals surface area contributed by atoms with Gasteiger partial charge >= 0.3 is 0 Å². The molecule has 0 saturated carbocycles.